The largest absolute Gasteiger partial charge is 0.294 e. The van der Waals surface area contributed by atoms with Crippen LogP contribution in [0.15, 0.2) is 72.9 Å². The molecule has 2 aromatic heterocycles. The minimum absolute atomic E-state index is 0.0794. The maximum absolute atomic E-state index is 14.0. The number of fused-ring (bicyclic) bond motifs is 3. The Morgan fingerprint density at radius 3 is 2.57 bits per heavy atom. The molecule has 2 heterocycles. The zero-order valence-corrected chi connectivity index (χ0v) is 15.4. The fourth-order valence-electron chi connectivity index (χ4n) is 5.00. The number of hydrogen-bond donors (Lipinski definition) is 0. The summed E-state index contributed by atoms with van der Waals surface area (Å²) >= 11 is 0. The highest BCUT2D eigenvalue weighted by atomic mass is 19.1. The molecule has 0 amide bonds. The Bertz CT molecular complexity index is 1250. The molecule has 1 saturated carbocycles. The zero-order valence-electron chi connectivity index (χ0n) is 15.4. The number of benzene rings is 2. The van der Waals surface area contributed by atoms with E-state index in [1.54, 1.807) is 6.07 Å². The van der Waals surface area contributed by atoms with Crippen LogP contribution in [0, 0.1) is 5.82 Å². The first-order chi connectivity index (χ1) is 13.8. The van der Waals surface area contributed by atoms with E-state index in [1.165, 1.54) is 29.2 Å². The predicted molar refractivity (Wildman–Crippen MR) is 111 cm³/mol. The van der Waals surface area contributed by atoms with Gasteiger partial charge in [0.1, 0.15) is 11.6 Å². The van der Waals surface area contributed by atoms with E-state index in [0.29, 0.717) is 0 Å². The van der Waals surface area contributed by atoms with Gasteiger partial charge in [-0.1, -0.05) is 36.8 Å². The number of aromatic nitrogens is 2. The minimum Gasteiger partial charge on any atom is -0.294 e. The van der Waals surface area contributed by atoms with Gasteiger partial charge in [-0.05, 0) is 72.0 Å². The molecular weight excluding hydrogens is 347 g/mol. The van der Waals surface area contributed by atoms with Crippen molar-refractivity contribution in [3.05, 3.63) is 95.6 Å². The van der Waals surface area contributed by atoms with Crippen LogP contribution in [0.2, 0.25) is 0 Å². The highest BCUT2D eigenvalue weighted by molar-refractivity contribution is 5.98. The summed E-state index contributed by atoms with van der Waals surface area (Å²) in [5.41, 5.74) is 6.26. The van der Waals surface area contributed by atoms with Crippen LogP contribution < -0.4 is 0 Å². The van der Waals surface area contributed by atoms with E-state index in [-0.39, 0.29) is 11.2 Å². The highest BCUT2D eigenvalue weighted by Crippen LogP contribution is 2.58. The summed E-state index contributed by atoms with van der Waals surface area (Å²) in [5, 5.41) is 0.909. The van der Waals surface area contributed by atoms with Crippen LogP contribution in [0.3, 0.4) is 0 Å². The number of halogens is 1. The molecule has 28 heavy (non-hydrogen) atoms. The lowest BCUT2D eigenvalue weighted by Gasteiger charge is -2.42. The van der Waals surface area contributed by atoms with Crippen molar-refractivity contribution in [1.82, 2.24) is 9.55 Å². The Morgan fingerprint density at radius 2 is 1.79 bits per heavy atom. The van der Waals surface area contributed by atoms with Crippen LogP contribution in [0.4, 0.5) is 4.39 Å². The van der Waals surface area contributed by atoms with Gasteiger partial charge in [0.05, 0.1) is 11.2 Å². The molecule has 0 atom stereocenters. The summed E-state index contributed by atoms with van der Waals surface area (Å²) in [6, 6.07) is 21.8. The van der Waals surface area contributed by atoms with Gasteiger partial charge in [-0.2, -0.15) is 0 Å². The van der Waals surface area contributed by atoms with Gasteiger partial charge in [-0.3, -0.25) is 4.57 Å². The lowest BCUT2D eigenvalue weighted by Crippen LogP contribution is -2.34. The zero-order chi connectivity index (χ0) is 18.7. The van der Waals surface area contributed by atoms with E-state index in [0.717, 1.165) is 35.3 Å². The van der Waals surface area contributed by atoms with E-state index in [4.69, 9.17) is 0 Å². The van der Waals surface area contributed by atoms with E-state index >= 15 is 0 Å². The minimum atomic E-state index is -0.209. The Balaban J connectivity index is 1.66. The van der Waals surface area contributed by atoms with Gasteiger partial charge in [-0.25, -0.2) is 9.37 Å². The van der Waals surface area contributed by atoms with Crippen LogP contribution in [0.1, 0.15) is 36.1 Å². The molecule has 2 nitrogen and oxygen atoms in total. The molecule has 1 spiro atoms. The maximum atomic E-state index is 14.0. The highest BCUT2D eigenvalue weighted by Gasteiger charge is 2.47. The third kappa shape index (κ3) is 2.04. The molecule has 136 valence electrons. The molecule has 2 aromatic carbocycles. The predicted octanol–water partition coefficient (Wildman–Crippen LogP) is 6.14. The van der Waals surface area contributed by atoms with Crippen molar-refractivity contribution in [2.24, 2.45) is 0 Å². The second kappa shape index (κ2) is 5.65. The summed E-state index contributed by atoms with van der Waals surface area (Å²) in [7, 11) is 0. The topological polar surface area (TPSA) is 17.8 Å². The number of hydrogen-bond acceptors (Lipinski definition) is 1. The third-order valence-electron chi connectivity index (χ3n) is 6.42. The molecular formula is C25H19FN2. The van der Waals surface area contributed by atoms with Crippen molar-refractivity contribution in [3.8, 4) is 5.82 Å². The molecule has 0 radical (unpaired) electrons. The van der Waals surface area contributed by atoms with Gasteiger partial charge in [-0.15, -0.1) is 0 Å². The lowest BCUT2D eigenvalue weighted by molar-refractivity contribution is 0.331. The third-order valence-corrected chi connectivity index (χ3v) is 6.42. The number of allylic oxidation sites excluding steroid dienone is 1. The average molecular weight is 366 g/mol. The van der Waals surface area contributed by atoms with Crippen molar-refractivity contribution >= 4 is 22.6 Å². The Kier molecular flexibility index (Phi) is 3.19. The van der Waals surface area contributed by atoms with Crippen LogP contribution in [-0.2, 0) is 5.41 Å². The van der Waals surface area contributed by atoms with Gasteiger partial charge in [0, 0.05) is 17.0 Å². The molecule has 2 aliphatic carbocycles. The van der Waals surface area contributed by atoms with Crippen LogP contribution in [-0.4, -0.2) is 9.55 Å². The van der Waals surface area contributed by atoms with Crippen LogP contribution in [0.25, 0.3) is 28.4 Å². The summed E-state index contributed by atoms with van der Waals surface area (Å²) in [5.74, 6) is 0.657. The summed E-state index contributed by atoms with van der Waals surface area (Å²) in [4.78, 5) is 4.61. The molecule has 0 bridgehead atoms. The second-order valence-corrected chi connectivity index (χ2v) is 7.84. The first-order valence-electron chi connectivity index (χ1n) is 9.81. The van der Waals surface area contributed by atoms with Crippen molar-refractivity contribution in [2.45, 2.75) is 24.7 Å². The van der Waals surface area contributed by atoms with Gasteiger partial charge in [0.25, 0.3) is 0 Å². The van der Waals surface area contributed by atoms with Crippen LogP contribution >= 0.6 is 0 Å². The molecule has 0 N–H and O–H groups in total. The summed E-state index contributed by atoms with van der Waals surface area (Å²) in [6.45, 7) is 0. The standard InChI is InChI=1S/C25H19FN2/c26-19-9-10-22-18(14-19)16-23(28(22)24-8-3-4-13-27-24)21-15-17-6-1-2-7-20(17)25(21)11-5-12-25/h1-4,6-10,13-16H,5,11-12H2. The molecule has 3 heteroatoms. The Morgan fingerprint density at radius 1 is 0.929 bits per heavy atom. The molecule has 2 aliphatic rings. The molecule has 0 unspecified atom stereocenters. The van der Waals surface area contributed by atoms with Gasteiger partial charge >= 0.3 is 0 Å². The summed E-state index contributed by atoms with van der Waals surface area (Å²) in [6.07, 6.45) is 7.70. The molecule has 6 rings (SSSR count). The second-order valence-electron chi connectivity index (χ2n) is 7.84. The van der Waals surface area contributed by atoms with Crippen molar-refractivity contribution in [1.29, 1.82) is 0 Å². The molecule has 4 aromatic rings. The fourth-order valence-corrected chi connectivity index (χ4v) is 5.00. The summed E-state index contributed by atoms with van der Waals surface area (Å²) < 4.78 is 16.1. The normalized spacial score (nSPS) is 16.8. The van der Waals surface area contributed by atoms with E-state index < -0.39 is 0 Å². The van der Waals surface area contributed by atoms with Crippen molar-refractivity contribution in [2.75, 3.05) is 0 Å². The Hall–Kier alpha value is -3.20. The molecule has 0 saturated heterocycles. The number of rotatable bonds is 2. The van der Waals surface area contributed by atoms with Gasteiger partial charge in [0.2, 0.25) is 0 Å². The van der Waals surface area contributed by atoms with E-state index in [9.17, 15) is 4.39 Å². The molecule has 0 aliphatic heterocycles. The van der Waals surface area contributed by atoms with Gasteiger partial charge in [0.15, 0.2) is 0 Å². The van der Waals surface area contributed by atoms with Crippen molar-refractivity contribution < 1.29 is 4.39 Å². The molecule has 1 fully saturated rings. The van der Waals surface area contributed by atoms with Crippen LogP contribution in [0.5, 0.6) is 0 Å². The first-order valence-corrected chi connectivity index (χ1v) is 9.81. The number of nitrogens with zero attached hydrogens (tertiary/aromatic N) is 2. The first kappa shape index (κ1) is 15.8. The average Bonchev–Trinajstić information content (AvgIpc) is 3.23. The SMILES string of the molecule is Fc1ccc2c(c1)cc(C1=Cc3ccccc3C13CCC3)n2-c1ccccn1. The van der Waals surface area contributed by atoms with E-state index in [2.05, 4.69) is 46.0 Å². The maximum Gasteiger partial charge on any atom is 0.137 e. The Labute approximate surface area is 163 Å². The monoisotopic (exact) mass is 366 g/mol. The quantitative estimate of drug-likeness (QED) is 0.417. The van der Waals surface area contributed by atoms with Gasteiger partial charge < -0.3 is 0 Å². The van der Waals surface area contributed by atoms with E-state index in [1.807, 2.05) is 30.5 Å². The number of pyridine rings is 1. The fraction of sp³-hybridized carbons (Fsp3) is 0.160. The smallest absolute Gasteiger partial charge is 0.137 e. The lowest BCUT2D eigenvalue weighted by atomic mass is 9.61. The van der Waals surface area contributed by atoms with Crippen molar-refractivity contribution in [3.63, 3.8) is 0 Å².